The lowest BCUT2D eigenvalue weighted by molar-refractivity contribution is -0.121. The van der Waals surface area contributed by atoms with Gasteiger partial charge < -0.3 is 5.32 Å². The second-order valence-corrected chi connectivity index (χ2v) is 9.62. The molecule has 3 aromatic rings. The van der Waals surface area contributed by atoms with Crippen molar-refractivity contribution in [1.29, 1.82) is 0 Å². The predicted octanol–water partition coefficient (Wildman–Crippen LogP) is 6.71. The van der Waals surface area contributed by atoms with Crippen LogP contribution in [0.5, 0.6) is 0 Å². The van der Waals surface area contributed by atoms with E-state index in [9.17, 15) is 4.79 Å². The first-order chi connectivity index (χ1) is 16.0. The minimum atomic E-state index is -0.227. The maximum Gasteiger partial charge on any atom is 0.220 e. The van der Waals surface area contributed by atoms with E-state index in [0.29, 0.717) is 6.42 Å². The van der Waals surface area contributed by atoms with Gasteiger partial charge in [-0.05, 0) is 50.5 Å². The molecule has 176 valence electrons. The van der Waals surface area contributed by atoms with Crippen molar-refractivity contribution in [2.45, 2.75) is 83.2 Å². The molecule has 3 rings (SSSR count). The van der Waals surface area contributed by atoms with Crippen LogP contribution in [0.25, 0.3) is 5.69 Å². The Bertz CT molecular complexity index is 1030. The Balaban J connectivity index is 1.75. The zero-order valence-electron chi connectivity index (χ0n) is 20.3. The molecule has 0 fully saturated rings. The third-order valence-electron chi connectivity index (χ3n) is 5.84. The SMILES string of the molecule is CCCCCCCC(=O)NC(C)c1nnc(SCc2ccccc2C)n1-c1ccc(C)cc1. The van der Waals surface area contributed by atoms with Gasteiger partial charge in [-0.15, -0.1) is 10.2 Å². The van der Waals surface area contributed by atoms with Crippen LogP contribution in [0.15, 0.2) is 53.7 Å². The molecule has 2 aromatic carbocycles. The Morgan fingerprint density at radius 3 is 2.45 bits per heavy atom. The number of aryl methyl sites for hydroxylation is 2. The van der Waals surface area contributed by atoms with Gasteiger partial charge in [0.25, 0.3) is 0 Å². The molecule has 1 N–H and O–H groups in total. The molecule has 1 heterocycles. The van der Waals surface area contributed by atoms with Crippen molar-refractivity contribution in [3.63, 3.8) is 0 Å². The van der Waals surface area contributed by atoms with Crippen LogP contribution in [0.1, 0.15) is 80.9 Å². The van der Waals surface area contributed by atoms with E-state index in [1.165, 1.54) is 36.0 Å². The van der Waals surface area contributed by atoms with Crippen molar-refractivity contribution in [3.05, 3.63) is 71.0 Å². The second kappa shape index (κ2) is 12.6. The third kappa shape index (κ3) is 7.19. The normalized spacial score (nSPS) is 12.0. The molecule has 0 aliphatic heterocycles. The molecule has 0 aliphatic carbocycles. The molecule has 0 aliphatic rings. The lowest BCUT2D eigenvalue weighted by Gasteiger charge is -2.17. The predicted molar refractivity (Wildman–Crippen MR) is 137 cm³/mol. The average molecular weight is 465 g/mol. The van der Waals surface area contributed by atoms with Crippen LogP contribution in [-0.4, -0.2) is 20.7 Å². The first-order valence-corrected chi connectivity index (χ1v) is 13.0. The number of hydrogen-bond donors (Lipinski definition) is 1. The zero-order valence-corrected chi connectivity index (χ0v) is 21.1. The van der Waals surface area contributed by atoms with Gasteiger partial charge >= 0.3 is 0 Å². The molecule has 0 saturated heterocycles. The van der Waals surface area contributed by atoms with E-state index < -0.39 is 0 Å². The Morgan fingerprint density at radius 1 is 1.00 bits per heavy atom. The van der Waals surface area contributed by atoms with Crippen molar-refractivity contribution in [3.8, 4) is 5.69 Å². The fourth-order valence-electron chi connectivity index (χ4n) is 3.77. The van der Waals surface area contributed by atoms with Crippen LogP contribution in [0, 0.1) is 13.8 Å². The second-order valence-electron chi connectivity index (χ2n) is 8.68. The van der Waals surface area contributed by atoms with Crippen molar-refractivity contribution in [2.24, 2.45) is 0 Å². The summed E-state index contributed by atoms with van der Waals surface area (Å²) in [5.41, 5.74) is 4.76. The number of rotatable bonds is 12. The smallest absolute Gasteiger partial charge is 0.220 e. The highest BCUT2D eigenvalue weighted by atomic mass is 32.2. The third-order valence-corrected chi connectivity index (χ3v) is 6.82. The van der Waals surface area contributed by atoms with Crippen LogP contribution in [0.2, 0.25) is 0 Å². The van der Waals surface area contributed by atoms with Gasteiger partial charge in [-0.25, -0.2) is 0 Å². The summed E-state index contributed by atoms with van der Waals surface area (Å²) in [6, 6.07) is 16.5. The fourth-order valence-corrected chi connectivity index (χ4v) is 4.81. The van der Waals surface area contributed by atoms with Crippen molar-refractivity contribution in [1.82, 2.24) is 20.1 Å². The zero-order chi connectivity index (χ0) is 23.6. The first-order valence-electron chi connectivity index (χ1n) is 12.0. The summed E-state index contributed by atoms with van der Waals surface area (Å²) in [5, 5.41) is 13.0. The number of aromatic nitrogens is 3. The molecule has 0 radical (unpaired) electrons. The Labute approximate surface area is 202 Å². The van der Waals surface area contributed by atoms with Crippen LogP contribution in [0.4, 0.5) is 0 Å². The summed E-state index contributed by atoms with van der Waals surface area (Å²) in [6.45, 7) is 8.39. The topological polar surface area (TPSA) is 59.8 Å². The molecule has 1 atom stereocenters. The molecule has 6 heteroatoms. The summed E-state index contributed by atoms with van der Waals surface area (Å²) >= 11 is 1.67. The van der Waals surface area contributed by atoms with Gasteiger partial charge in [0.05, 0.1) is 6.04 Å². The quantitative estimate of drug-likeness (QED) is 0.239. The van der Waals surface area contributed by atoms with Crippen LogP contribution < -0.4 is 5.32 Å². The first kappa shape index (κ1) is 25.0. The van der Waals surface area contributed by atoms with Gasteiger partial charge in [0.15, 0.2) is 11.0 Å². The maximum absolute atomic E-state index is 12.5. The van der Waals surface area contributed by atoms with Gasteiger partial charge in [0.1, 0.15) is 0 Å². The number of nitrogens with zero attached hydrogens (tertiary/aromatic N) is 3. The number of amides is 1. The summed E-state index contributed by atoms with van der Waals surface area (Å²) in [4.78, 5) is 12.5. The van der Waals surface area contributed by atoms with Gasteiger partial charge in [0.2, 0.25) is 5.91 Å². The van der Waals surface area contributed by atoms with Gasteiger partial charge in [0, 0.05) is 17.9 Å². The monoisotopic (exact) mass is 464 g/mol. The van der Waals surface area contributed by atoms with Crippen molar-refractivity contribution in [2.75, 3.05) is 0 Å². The maximum atomic E-state index is 12.5. The molecule has 1 unspecified atom stereocenters. The van der Waals surface area contributed by atoms with E-state index in [4.69, 9.17) is 0 Å². The van der Waals surface area contributed by atoms with Crippen molar-refractivity contribution < 1.29 is 4.79 Å². The fraction of sp³-hybridized carbons (Fsp3) is 0.444. The van der Waals surface area contributed by atoms with Gasteiger partial charge in [-0.1, -0.05) is 86.3 Å². The molecular formula is C27H36N4OS. The highest BCUT2D eigenvalue weighted by Crippen LogP contribution is 2.28. The van der Waals surface area contributed by atoms with E-state index in [2.05, 4.69) is 89.4 Å². The van der Waals surface area contributed by atoms with E-state index in [1.54, 1.807) is 11.8 Å². The molecule has 0 saturated carbocycles. The molecular weight excluding hydrogens is 428 g/mol. The highest BCUT2D eigenvalue weighted by Gasteiger charge is 2.21. The van der Waals surface area contributed by atoms with Gasteiger partial charge in [-0.3, -0.25) is 9.36 Å². The van der Waals surface area contributed by atoms with Crippen LogP contribution in [0.3, 0.4) is 0 Å². The number of unbranched alkanes of at least 4 members (excludes halogenated alkanes) is 4. The standard InChI is InChI=1S/C27H36N4OS/c1-5-6-7-8-9-14-25(32)28-22(4)26-29-30-27(31(26)24-17-15-20(2)16-18-24)33-19-23-13-11-10-12-21(23)3/h10-13,15-18,22H,5-9,14,19H2,1-4H3,(H,28,32). The van der Waals surface area contributed by atoms with Crippen LogP contribution in [-0.2, 0) is 10.5 Å². The van der Waals surface area contributed by atoms with Gasteiger partial charge in [-0.2, -0.15) is 0 Å². The summed E-state index contributed by atoms with van der Waals surface area (Å²) in [6.07, 6.45) is 6.24. The molecule has 0 bridgehead atoms. The molecule has 1 amide bonds. The van der Waals surface area contributed by atoms with E-state index in [-0.39, 0.29) is 11.9 Å². The number of hydrogen-bond acceptors (Lipinski definition) is 4. The van der Waals surface area contributed by atoms with Crippen molar-refractivity contribution >= 4 is 17.7 Å². The molecule has 1 aromatic heterocycles. The van der Waals surface area contributed by atoms with E-state index in [1.807, 2.05) is 6.92 Å². The minimum Gasteiger partial charge on any atom is -0.346 e. The minimum absolute atomic E-state index is 0.0755. The number of carbonyl (C=O) groups is 1. The van der Waals surface area contributed by atoms with E-state index in [0.717, 1.165) is 35.3 Å². The Hall–Kier alpha value is -2.60. The molecule has 5 nitrogen and oxygen atoms in total. The number of carbonyl (C=O) groups excluding carboxylic acids is 1. The highest BCUT2D eigenvalue weighted by molar-refractivity contribution is 7.98. The summed E-state index contributed by atoms with van der Waals surface area (Å²) in [5.74, 6) is 1.65. The van der Waals surface area contributed by atoms with E-state index >= 15 is 0 Å². The Kier molecular flexibility index (Phi) is 9.55. The molecule has 0 spiro atoms. The molecule has 33 heavy (non-hydrogen) atoms. The summed E-state index contributed by atoms with van der Waals surface area (Å²) < 4.78 is 2.08. The summed E-state index contributed by atoms with van der Waals surface area (Å²) in [7, 11) is 0. The lowest BCUT2D eigenvalue weighted by atomic mass is 10.1. The number of thioether (sulfide) groups is 1. The number of benzene rings is 2. The average Bonchev–Trinajstić information content (AvgIpc) is 3.23. The largest absolute Gasteiger partial charge is 0.346 e. The lowest BCUT2D eigenvalue weighted by Crippen LogP contribution is -2.28. The Morgan fingerprint density at radius 2 is 1.73 bits per heavy atom. The van der Waals surface area contributed by atoms with Crippen LogP contribution >= 0.6 is 11.8 Å². The number of nitrogens with one attached hydrogen (secondary N) is 1.